The van der Waals surface area contributed by atoms with Gasteiger partial charge in [0, 0.05) is 0 Å². The molecule has 0 aliphatic carbocycles. The monoisotopic (exact) mass is 266 g/mol. The SMILES string of the molecule is CCCC(C)(Nc1nnc(CC)c(CC)n1)C(=O)O. The lowest BCUT2D eigenvalue weighted by Gasteiger charge is -2.25. The summed E-state index contributed by atoms with van der Waals surface area (Å²) < 4.78 is 0. The fourth-order valence-electron chi connectivity index (χ4n) is 1.96. The number of hydrogen-bond acceptors (Lipinski definition) is 5. The Morgan fingerprint density at radius 3 is 2.32 bits per heavy atom. The molecule has 0 radical (unpaired) electrons. The van der Waals surface area contributed by atoms with E-state index >= 15 is 0 Å². The molecule has 1 unspecified atom stereocenters. The summed E-state index contributed by atoms with van der Waals surface area (Å²) in [6.45, 7) is 7.58. The van der Waals surface area contributed by atoms with Gasteiger partial charge in [0.2, 0.25) is 5.95 Å². The van der Waals surface area contributed by atoms with Crippen LogP contribution in [0.3, 0.4) is 0 Å². The Hall–Kier alpha value is -1.72. The maximum absolute atomic E-state index is 11.4. The largest absolute Gasteiger partial charge is 0.480 e. The molecule has 1 atom stereocenters. The lowest BCUT2D eigenvalue weighted by molar-refractivity contribution is -0.142. The molecule has 0 bridgehead atoms. The molecule has 2 N–H and O–H groups in total. The van der Waals surface area contributed by atoms with Crippen molar-refractivity contribution in [3.05, 3.63) is 11.4 Å². The van der Waals surface area contributed by atoms with Gasteiger partial charge in [-0.15, -0.1) is 5.10 Å². The zero-order valence-electron chi connectivity index (χ0n) is 12.0. The molecule has 106 valence electrons. The molecule has 6 heteroatoms. The molecule has 19 heavy (non-hydrogen) atoms. The highest BCUT2D eigenvalue weighted by Gasteiger charge is 2.33. The molecule has 1 heterocycles. The molecule has 1 rings (SSSR count). The number of rotatable bonds is 7. The summed E-state index contributed by atoms with van der Waals surface area (Å²) in [5, 5.41) is 20.3. The summed E-state index contributed by atoms with van der Waals surface area (Å²) in [6, 6.07) is 0. The van der Waals surface area contributed by atoms with E-state index in [1.807, 2.05) is 20.8 Å². The van der Waals surface area contributed by atoms with Crippen molar-refractivity contribution >= 4 is 11.9 Å². The lowest BCUT2D eigenvalue weighted by Crippen LogP contribution is -2.44. The van der Waals surface area contributed by atoms with Crippen molar-refractivity contribution < 1.29 is 9.90 Å². The average Bonchev–Trinajstić information content (AvgIpc) is 2.38. The molecular weight excluding hydrogens is 244 g/mol. The quantitative estimate of drug-likeness (QED) is 0.785. The summed E-state index contributed by atoms with van der Waals surface area (Å²) in [7, 11) is 0. The third kappa shape index (κ3) is 3.62. The van der Waals surface area contributed by atoms with Crippen molar-refractivity contribution in [2.75, 3.05) is 5.32 Å². The van der Waals surface area contributed by atoms with E-state index in [0.29, 0.717) is 6.42 Å². The maximum Gasteiger partial charge on any atom is 0.329 e. The Morgan fingerprint density at radius 2 is 1.84 bits per heavy atom. The first-order chi connectivity index (χ1) is 8.96. The van der Waals surface area contributed by atoms with E-state index in [4.69, 9.17) is 0 Å². The molecule has 0 fully saturated rings. The fourth-order valence-corrected chi connectivity index (χ4v) is 1.96. The Kier molecular flexibility index (Phi) is 5.20. The molecule has 0 amide bonds. The Balaban J connectivity index is 3.00. The molecule has 0 spiro atoms. The number of carboxylic acid groups (broad SMARTS) is 1. The van der Waals surface area contributed by atoms with Crippen LogP contribution in [0.2, 0.25) is 0 Å². The van der Waals surface area contributed by atoms with E-state index in [9.17, 15) is 9.90 Å². The minimum Gasteiger partial charge on any atom is -0.480 e. The Labute approximate surface area is 113 Å². The van der Waals surface area contributed by atoms with Gasteiger partial charge in [-0.2, -0.15) is 5.10 Å². The topological polar surface area (TPSA) is 88.0 Å². The van der Waals surface area contributed by atoms with Crippen LogP contribution in [0.5, 0.6) is 0 Å². The predicted octanol–water partition coefficient (Wildman–Crippen LogP) is 2.05. The van der Waals surface area contributed by atoms with Crippen molar-refractivity contribution in [3.63, 3.8) is 0 Å². The van der Waals surface area contributed by atoms with Gasteiger partial charge in [-0.05, 0) is 26.2 Å². The number of carbonyl (C=O) groups is 1. The van der Waals surface area contributed by atoms with E-state index in [0.717, 1.165) is 30.7 Å². The lowest BCUT2D eigenvalue weighted by atomic mass is 9.97. The average molecular weight is 266 g/mol. The van der Waals surface area contributed by atoms with Gasteiger partial charge in [-0.25, -0.2) is 9.78 Å². The zero-order chi connectivity index (χ0) is 14.5. The van der Waals surface area contributed by atoms with E-state index in [2.05, 4.69) is 20.5 Å². The summed E-state index contributed by atoms with van der Waals surface area (Å²) in [5.41, 5.74) is 0.666. The number of aromatic nitrogens is 3. The third-order valence-electron chi connectivity index (χ3n) is 3.12. The minimum atomic E-state index is -1.06. The van der Waals surface area contributed by atoms with Crippen LogP contribution >= 0.6 is 0 Å². The Bertz CT molecular complexity index is 450. The van der Waals surface area contributed by atoms with Gasteiger partial charge in [0.15, 0.2) is 0 Å². The smallest absolute Gasteiger partial charge is 0.329 e. The van der Waals surface area contributed by atoms with Gasteiger partial charge >= 0.3 is 5.97 Å². The first kappa shape index (κ1) is 15.3. The molecule has 0 aromatic carbocycles. The molecule has 6 nitrogen and oxygen atoms in total. The second-order valence-corrected chi connectivity index (χ2v) is 4.75. The van der Waals surface area contributed by atoms with Crippen molar-refractivity contribution in [1.29, 1.82) is 0 Å². The van der Waals surface area contributed by atoms with Gasteiger partial charge in [-0.1, -0.05) is 27.2 Å². The number of hydrogen-bond donors (Lipinski definition) is 2. The van der Waals surface area contributed by atoms with Crippen molar-refractivity contribution in [1.82, 2.24) is 15.2 Å². The number of aryl methyl sites for hydroxylation is 2. The fraction of sp³-hybridized carbons (Fsp3) is 0.692. The number of nitrogens with one attached hydrogen (secondary N) is 1. The normalized spacial score (nSPS) is 13.9. The predicted molar refractivity (Wildman–Crippen MR) is 73.2 cm³/mol. The molecule has 0 aliphatic heterocycles. The third-order valence-corrected chi connectivity index (χ3v) is 3.12. The standard InChI is InChI=1S/C13H22N4O2/c1-5-8-13(4,11(18)19)15-12-14-9(6-2)10(7-3)16-17-12/h5-8H2,1-4H3,(H,18,19)(H,14,15,17). The van der Waals surface area contributed by atoms with E-state index in [1.165, 1.54) is 0 Å². The molecular formula is C13H22N4O2. The van der Waals surface area contributed by atoms with Crippen LogP contribution in [0.25, 0.3) is 0 Å². The summed E-state index contributed by atoms with van der Waals surface area (Å²) in [5.74, 6) is -0.622. The van der Waals surface area contributed by atoms with Crippen LogP contribution in [0.4, 0.5) is 5.95 Å². The van der Waals surface area contributed by atoms with Crippen LogP contribution in [0.1, 0.15) is 51.9 Å². The van der Waals surface area contributed by atoms with Gasteiger partial charge < -0.3 is 10.4 Å². The highest BCUT2D eigenvalue weighted by atomic mass is 16.4. The van der Waals surface area contributed by atoms with E-state index in [1.54, 1.807) is 6.92 Å². The van der Waals surface area contributed by atoms with Gasteiger partial charge in [0.25, 0.3) is 0 Å². The second kappa shape index (κ2) is 6.45. The highest BCUT2D eigenvalue weighted by molar-refractivity contribution is 5.81. The zero-order valence-corrected chi connectivity index (χ0v) is 12.0. The highest BCUT2D eigenvalue weighted by Crippen LogP contribution is 2.18. The van der Waals surface area contributed by atoms with Gasteiger partial charge in [0.05, 0.1) is 11.4 Å². The first-order valence-corrected chi connectivity index (χ1v) is 6.70. The number of carboxylic acids is 1. The second-order valence-electron chi connectivity index (χ2n) is 4.75. The van der Waals surface area contributed by atoms with Crippen molar-refractivity contribution in [2.45, 2.75) is 58.9 Å². The first-order valence-electron chi connectivity index (χ1n) is 6.70. The van der Waals surface area contributed by atoms with Gasteiger partial charge in [0.1, 0.15) is 5.54 Å². The van der Waals surface area contributed by atoms with Crippen LogP contribution in [0.15, 0.2) is 0 Å². The van der Waals surface area contributed by atoms with Crippen molar-refractivity contribution in [3.8, 4) is 0 Å². The molecule has 0 saturated heterocycles. The number of anilines is 1. The number of aliphatic carboxylic acids is 1. The molecule has 1 aromatic heterocycles. The summed E-state index contributed by atoms with van der Waals surface area (Å²) >= 11 is 0. The summed E-state index contributed by atoms with van der Waals surface area (Å²) in [4.78, 5) is 15.7. The van der Waals surface area contributed by atoms with Crippen molar-refractivity contribution in [2.24, 2.45) is 0 Å². The number of nitrogens with zero attached hydrogens (tertiary/aromatic N) is 3. The molecule has 1 aromatic rings. The molecule has 0 aliphatic rings. The van der Waals surface area contributed by atoms with Crippen LogP contribution in [-0.4, -0.2) is 31.8 Å². The summed E-state index contributed by atoms with van der Waals surface area (Å²) in [6.07, 6.45) is 2.79. The van der Waals surface area contributed by atoms with Crippen LogP contribution < -0.4 is 5.32 Å². The maximum atomic E-state index is 11.4. The van der Waals surface area contributed by atoms with Crippen LogP contribution in [-0.2, 0) is 17.6 Å². The van der Waals surface area contributed by atoms with E-state index in [-0.39, 0.29) is 5.95 Å². The van der Waals surface area contributed by atoms with Crippen LogP contribution in [0, 0.1) is 0 Å². The van der Waals surface area contributed by atoms with Gasteiger partial charge in [-0.3, -0.25) is 0 Å². The van der Waals surface area contributed by atoms with E-state index < -0.39 is 11.5 Å². The Morgan fingerprint density at radius 1 is 1.21 bits per heavy atom. The minimum absolute atomic E-state index is 0.285. The molecule has 0 saturated carbocycles.